The van der Waals surface area contributed by atoms with E-state index in [4.69, 9.17) is 15.0 Å². The second kappa shape index (κ2) is 12.6. The molecule has 2 heterocycles. The van der Waals surface area contributed by atoms with Crippen molar-refractivity contribution >= 4 is 70.1 Å². The molecule has 0 aliphatic heterocycles. The molecule has 0 saturated heterocycles. The van der Waals surface area contributed by atoms with E-state index in [-0.39, 0.29) is 0 Å². The highest BCUT2D eigenvalue weighted by molar-refractivity contribution is 7.25. The van der Waals surface area contributed by atoms with Crippen LogP contribution in [0.5, 0.6) is 0 Å². The van der Waals surface area contributed by atoms with Gasteiger partial charge in [-0.15, -0.1) is 11.3 Å². The standard InChI is InChI=1S/C47H30N4S/c1-2-17-36(18-3-1)51(41-23-12-16-32-14-6-7-19-37(32)41)42-22-10-8-21-40(42)47-49-45(34-26-25-31-13-4-5-15-33(31)29-34)48-46(50-47)35-27-28-39-38-20-9-11-24-43(38)52-44(39)30-35/h1-30H. The molecule has 0 N–H and O–H groups in total. The number of hydrogen-bond acceptors (Lipinski definition) is 5. The predicted octanol–water partition coefficient (Wildman–Crippen LogP) is 13.0. The van der Waals surface area contributed by atoms with Crippen LogP contribution >= 0.6 is 11.3 Å². The van der Waals surface area contributed by atoms with Crippen LogP contribution in [0.25, 0.3) is 75.9 Å². The predicted molar refractivity (Wildman–Crippen MR) is 219 cm³/mol. The molecule has 0 aliphatic carbocycles. The number of fused-ring (bicyclic) bond motifs is 5. The molecule has 10 rings (SSSR count). The first-order chi connectivity index (χ1) is 25.8. The minimum Gasteiger partial charge on any atom is -0.309 e. The van der Waals surface area contributed by atoms with E-state index in [1.54, 1.807) is 11.3 Å². The third-order valence-electron chi connectivity index (χ3n) is 9.69. The molecule has 0 saturated carbocycles. The molecule has 52 heavy (non-hydrogen) atoms. The molecule has 0 spiro atoms. The third-order valence-corrected chi connectivity index (χ3v) is 10.8. The van der Waals surface area contributed by atoms with E-state index in [9.17, 15) is 0 Å². The number of para-hydroxylation sites is 2. The Balaban J connectivity index is 1.21. The summed E-state index contributed by atoms with van der Waals surface area (Å²) in [6.45, 7) is 0. The molecule has 5 heteroatoms. The summed E-state index contributed by atoms with van der Waals surface area (Å²) < 4.78 is 2.48. The number of hydrogen-bond donors (Lipinski definition) is 0. The van der Waals surface area contributed by atoms with E-state index >= 15 is 0 Å². The van der Waals surface area contributed by atoms with Gasteiger partial charge in [0.2, 0.25) is 0 Å². The van der Waals surface area contributed by atoms with Gasteiger partial charge in [-0.3, -0.25) is 0 Å². The fourth-order valence-corrected chi connectivity index (χ4v) is 8.34. The van der Waals surface area contributed by atoms with E-state index in [1.807, 2.05) is 0 Å². The lowest BCUT2D eigenvalue weighted by atomic mass is 10.0. The van der Waals surface area contributed by atoms with Gasteiger partial charge in [-0.05, 0) is 64.7 Å². The van der Waals surface area contributed by atoms with Gasteiger partial charge in [0.05, 0.1) is 11.4 Å². The Hall–Kier alpha value is -6.69. The molecule has 0 unspecified atom stereocenters. The van der Waals surface area contributed by atoms with Crippen molar-refractivity contribution in [2.24, 2.45) is 0 Å². The molecular formula is C47H30N4S. The zero-order chi connectivity index (χ0) is 34.4. The van der Waals surface area contributed by atoms with Gasteiger partial charge in [0, 0.05) is 47.9 Å². The lowest BCUT2D eigenvalue weighted by Crippen LogP contribution is -2.12. The Kier molecular flexibility index (Phi) is 7.29. The Morgan fingerprint density at radius 2 is 0.962 bits per heavy atom. The number of rotatable bonds is 6. The van der Waals surface area contributed by atoms with Crippen LogP contribution in [0.15, 0.2) is 182 Å². The summed E-state index contributed by atoms with van der Waals surface area (Å²) in [7, 11) is 0. The molecular weight excluding hydrogens is 653 g/mol. The van der Waals surface area contributed by atoms with Crippen LogP contribution < -0.4 is 4.90 Å². The molecule has 4 nitrogen and oxygen atoms in total. The van der Waals surface area contributed by atoms with E-state index < -0.39 is 0 Å². The van der Waals surface area contributed by atoms with E-state index in [2.05, 4.69) is 187 Å². The van der Waals surface area contributed by atoms with Crippen LogP contribution in [0, 0.1) is 0 Å². The zero-order valence-electron chi connectivity index (χ0n) is 28.0. The average molecular weight is 683 g/mol. The molecule has 0 amide bonds. The van der Waals surface area contributed by atoms with Gasteiger partial charge >= 0.3 is 0 Å². The van der Waals surface area contributed by atoms with Crippen molar-refractivity contribution in [3.05, 3.63) is 182 Å². The van der Waals surface area contributed by atoms with Crippen LogP contribution in [0.1, 0.15) is 0 Å². The maximum Gasteiger partial charge on any atom is 0.166 e. The second-order valence-corrected chi connectivity index (χ2v) is 13.9. The van der Waals surface area contributed by atoms with Gasteiger partial charge in [0.25, 0.3) is 0 Å². The van der Waals surface area contributed by atoms with Crippen molar-refractivity contribution in [3.63, 3.8) is 0 Å². The number of thiophene rings is 1. The summed E-state index contributed by atoms with van der Waals surface area (Å²) >= 11 is 1.80. The van der Waals surface area contributed by atoms with Gasteiger partial charge in [0.15, 0.2) is 17.5 Å². The minimum atomic E-state index is 0.612. The summed E-state index contributed by atoms with van der Waals surface area (Å²) in [6, 6.07) is 63.9. The lowest BCUT2D eigenvalue weighted by molar-refractivity contribution is 1.07. The maximum atomic E-state index is 5.27. The quantitative estimate of drug-likeness (QED) is 0.175. The Bertz CT molecular complexity index is 2930. The largest absolute Gasteiger partial charge is 0.309 e. The van der Waals surface area contributed by atoms with Gasteiger partial charge in [-0.1, -0.05) is 133 Å². The highest BCUT2D eigenvalue weighted by atomic mass is 32.1. The van der Waals surface area contributed by atoms with E-state index in [1.165, 1.54) is 30.9 Å². The minimum absolute atomic E-state index is 0.612. The lowest BCUT2D eigenvalue weighted by Gasteiger charge is -2.28. The Morgan fingerprint density at radius 1 is 0.365 bits per heavy atom. The first-order valence-corrected chi connectivity index (χ1v) is 18.2. The molecule has 0 fully saturated rings. The van der Waals surface area contributed by atoms with Crippen LogP contribution in [-0.4, -0.2) is 15.0 Å². The van der Waals surface area contributed by atoms with Crippen molar-refractivity contribution in [1.29, 1.82) is 0 Å². The van der Waals surface area contributed by atoms with E-state index in [0.717, 1.165) is 44.5 Å². The Morgan fingerprint density at radius 3 is 1.83 bits per heavy atom. The monoisotopic (exact) mass is 682 g/mol. The van der Waals surface area contributed by atoms with Crippen molar-refractivity contribution in [3.8, 4) is 34.2 Å². The van der Waals surface area contributed by atoms with Crippen molar-refractivity contribution in [2.45, 2.75) is 0 Å². The summed E-state index contributed by atoms with van der Waals surface area (Å²) in [5.74, 6) is 1.88. The molecule has 244 valence electrons. The SMILES string of the molecule is c1ccc(N(c2ccccc2-c2nc(-c3ccc4ccccc4c3)nc(-c3ccc4c(c3)sc3ccccc34)n2)c2cccc3ccccc23)cc1. The number of anilines is 3. The van der Waals surface area contributed by atoms with Crippen LogP contribution in [0.3, 0.4) is 0 Å². The van der Waals surface area contributed by atoms with E-state index in [0.29, 0.717) is 17.5 Å². The first kappa shape index (κ1) is 30.2. The molecule has 8 aromatic carbocycles. The smallest absolute Gasteiger partial charge is 0.166 e. The summed E-state index contributed by atoms with van der Waals surface area (Å²) in [5.41, 5.74) is 5.91. The maximum absolute atomic E-state index is 5.27. The number of nitrogens with zero attached hydrogens (tertiary/aromatic N) is 4. The van der Waals surface area contributed by atoms with Crippen LogP contribution in [-0.2, 0) is 0 Å². The zero-order valence-corrected chi connectivity index (χ0v) is 28.8. The molecule has 2 aromatic heterocycles. The summed E-state index contributed by atoms with van der Waals surface area (Å²) in [5, 5.41) is 7.17. The normalized spacial score (nSPS) is 11.5. The molecule has 0 aliphatic rings. The summed E-state index contributed by atoms with van der Waals surface area (Å²) in [4.78, 5) is 18.0. The van der Waals surface area contributed by atoms with Crippen molar-refractivity contribution in [2.75, 3.05) is 4.90 Å². The average Bonchev–Trinajstić information content (AvgIpc) is 3.59. The van der Waals surface area contributed by atoms with Crippen molar-refractivity contribution in [1.82, 2.24) is 15.0 Å². The molecule has 0 bridgehead atoms. The molecule has 0 atom stereocenters. The van der Waals surface area contributed by atoms with Gasteiger partial charge in [-0.2, -0.15) is 0 Å². The second-order valence-electron chi connectivity index (χ2n) is 12.9. The van der Waals surface area contributed by atoms with Gasteiger partial charge in [0.1, 0.15) is 0 Å². The molecule has 0 radical (unpaired) electrons. The van der Waals surface area contributed by atoms with Gasteiger partial charge in [-0.25, -0.2) is 15.0 Å². The Labute approximate surface area is 305 Å². The van der Waals surface area contributed by atoms with Crippen LogP contribution in [0.2, 0.25) is 0 Å². The molecule has 10 aromatic rings. The number of aromatic nitrogens is 3. The number of benzene rings is 8. The summed E-state index contributed by atoms with van der Waals surface area (Å²) in [6.07, 6.45) is 0. The topological polar surface area (TPSA) is 41.9 Å². The first-order valence-electron chi connectivity index (χ1n) is 17.4. The fourth-order valence-electron chi connectivity index (χ4n) is 7.19. The van der Waals surface area contributed by atoms with Crippen LogP contribution in [0.4, 0.5) is 17.1 Å². The van der Waals surface area contributed by atoms with Gasteiger partial charge < -0.3 is 4.90 Å². The fraction of sp³-hybridized carbons (Fsp3) is 0. The third kappa shape index (κ3) is 5.27. The highest BCUT2D eigenvalue weighted by Gasteiger charge is 2.22. The van der Waals surface area contributed by atoms with Crippen molar-refractivity contribution < 1.29 is 0 Å². The highest BCUT2D eigenvalue weighted by Crippen LogP contribution is 2.43.